The molecule has 1 heterocycles. The zero-order valence-corrected chi connectivity index (χ0v) is 9.13. The molecule has 0 atom stereocenters. The maximum Gasteiger partial charge on any atom is 0.271 e. The SMILES string of the molecule is NC(=O)c1nccnc1NCc1ccccc1. The molecule has 0 aliphatic heterocycles. The number of carbonyl (C=O) groups is 1. The monoisotopic (exact) mass is 228 g/mol. The largest absolute Gasteiger partial charge is 0.364 e. The molecule has 5 heteroatoms. The molecule has 86 valence electrons. The van der Waals surface area contributed by atoms with E-state index in [0.29, 0.717) is 12.4 Å². The van der Waals surface area contributed by atoms with Gasteiger partial charge in [-0.1, -0.05) is 30.3 Å². The Hall–Kier alpha value is -2.43. The van der Waals surface area contributed by atoms with E-state index < -0.39 is 5.91 Å². The molecule has 5 nitrogen and oxygen atoms in total. The Balaban J connectivity index is 2.12. The first-order valence-electron chi connectivity index (χ1n) is 5.16. The lowest BCUT2D eigenvalue weighted by Crippen LogP contribution is -2.17. The fraction of sp³-hybridized carbons (Fsp3) is 0.0833. The van der Waals surface area contributed by atoms with Gasteiger partial charge in [-0.2, -0.15) is 0 Å². The van der Waals surface area contributed by atoms with Crippen molar-refractivity contribution < 1.29 is 4.79 Å². The summed E-state index contributed by atoms with van der Waals surface area (Å²) in [5.74, 6) is -0.183. The highest BCUT2D eigenvalue weighted by Gasteiger charge is 2.09. The van der Waals surface area contributed by atoms with E-state index in [4.69, 9.17) is 5.73 Å². The molecule has 0 radical (unpaired) electrons. The van der Waals surface area contributed by atoms with Crippen molar-refractivity contribution in [3.8, 4) is 0 Å². The van der Waals surface area contributed by atoms with E-state index in [9.17, 15) is 4.79 Å². The number of rotatable bonds is 4. The average molecular weight is 228 g/mol. The number of primary amides is 1. The van der Waals surface area contributed by atoms with Crippen LogP contribution in [-0.2, 0) is 6.54 Å². The van der Waals surface area contributed by atoms with Crippen LogP contribution in [0.1, 0.15) is 16.1 Å². The van der Waals surface area contributed by atoms with Gasteiger partial charge < -0.3 is 11.1 Å². The van der Waals surface area contributed by atoms with Crippen molar-refractivity contribution in [3.05, 3.63) is 54.0 Å². The zero-order chi connectivity index (χ0) is 12.1. The van der Waals surface area contributed by atoms with E-state index >= 15 is 0 Å². The molecule has 0 fully saturated rings. The van der Waals surface area contributed by atoms with Gasteiger partial charge in [0.15, 0.2) is 11.5 Å². The molecule has 17 heavy (non-hydrogen) atoms. The van der Waals surface area contributed by atoms with Gasteiger partial charge in [0.05, 0.1) is 0 Å². The summed E-state index contributed by atoms with van der Waals surface area (Å²) in [6.07, 6.45) is 2.95. The quantitative estimate of drug-likeness (QED) is 0.823. The summed E-state index contributed by atoms with van der Waals surface area (Å²) in [7, 11) is 0. The lowest BCUT2D eigenvalue weighted by molar-refractivity contribution is 0.0996. The molecular formula is C12H12N4O. The van der Waals surface area contributed by atoms with Gasteiger partial charge in [-0.15, -0.1) is 0 Å². The highest BCUT2D eigenvalue weighted by atomic mass is 16.1. The van der Waals surface area contributed by atoms with Crippen LogP contribution in [0.4, 0.5) is 5.82 Å². The maximum absolute atomic E-state index is 11.1. The molecule has 0 saturated carbocycles. The highest BCUT2D eigenvalue weighted by Crippen LogP contribution is 2.09. The predicted molar refractivity (Wildman–Crippen MR) is 64.3 cm³/mol. The Bertz CT molecular complexity index is 513. The fourth-order valence-corrected chi connectivity index (χ4v) is 1.43. The van der Waals surface area contributed by atoms with Crippen molar-refractivity contribution in [2.75, 3.05) is 5.32 Å². The minimum Gasteiger partial charge on any atom is -0.364 e. The minimum atomic E-state index is -0.589. The number of hydrogen-bond donors (Lipinski definition) is 2. The number of benzene rings is 1. The Morgan fingerprint density at radius 2 is 1.88 bits per heavy atom. The molecule has 0 unspecified atom stereocenters. The molecular weight excluding hydrogens is 216 g/mol. The molecule has 2 aromatic rings. The summed E-state index contributed by atoms with van der Waals surface area (Å²) >= 11 is 0. The van der Waals surface area contributed by atoms with E-state index in [1.807, 2.05) is 30.3 Å². The van der Waals surface area contributed by atoms with Crippen molar-refractivity contribution in [1.82, 2.24) is 9.97 Å². The van der Waals surface area contributed by atoms with Crippen LogP contribution in [-0.4, -0.2) is 15.9 Å². The molecule has 0 aliphatic carbocycles. The number of carbonyl (C=O) groups excluding carboxylic acids is 1. The van der Waals surface area contributed by atoms with Gasteiger partial charge in [0.1, 0.15) is 0 Å². The fourth-order valence-electron chi connectivity index (χ4n) is 1.43. The molecule has 1 aromatic heterocycles. The first kappa shape index (κ1) is 11.1. The summed E-state index contributed by atoms with van der Waals surface area (Å²) < 4.78 is 0. The van der Waals surface area contributed by atoms with Crippen LogP contribution in [0, 0.1) is 0 Å². The van der Waals surface area contributed by atoms with Crippen LogP contribution in [0.2, 0.25) is 0 Å². The predicted octanol–water partition coefficient (Wildman–Crippen LogP) is 1.19. The van der Waals surface area contributed by atoms with E-state index in [2.05, 4.69) is 15.3 Å². The molecule has 0 saturated heterocycles. The van der Waals surface area contributed by atoms with Crippen molar-refractivity contribution in [2.24, 2.45) is 5.73 Å². The lowest BCUT2D eigenvalue weighted by atomic mass is 10.2. The number of hydrogen-bond acceptors (Lipinski definition) is 4. The Morgan fingerprint density at radius 1 is 1.18 bits per heavy atom. The average Bonchev–Trinajstić information content (AvgIpc) is 2.38. The van der Waals surface area contributed by atoms with Gasteiger partial charge >= 0.3 is 0 Å². The van der Waals surface area contributed by atoms with Crippen LogP contribution < -0.4 is 11.1 Å². The Labute approximate surface area is 98.7 Å². The molecule has 3 N–H and O–H groups in total. The van der Waals surface area contributed by atoms with E-state index in [1.165, 1.54) is 12.4 Å². The number of aromatic nitrogens is 2. The van der Waals surface area contributed by atoms with Gasteiger partial charge in [0, 0.05) is 18.9 Å². The summed E-state index contributed by atoms with van der Waals surface area (Å²) in [4.78, 5) is 19.0. The van der Waals surface area contributed by atoms with Crippen molar-refractivity contribution in [1.29, 1.82) is 0 Å². The number of nitrogens with two attached hydrogens (primary N) is 1. The third-order valence-corrected chi connectivity index (χ3v) is 2.23. The third-order valence-electron chi connectivity index (χ3n) is 2.23. The van der Waals surface area contributed by atoms with E-state index in [1.54, 1.807) is 0 Å². The molecule has 0 spiro atoms. The van der Waals surface area contributed by atoms with Crippen molar-refractivity contribution in [3.63, 3.8) is 0 Å². The summed E-state index contributed by atoms with van der Waals surface area (Å²) in [6.45, 7) is 0.569. The molecule has 1 aromatic carbocycles. The first-order valence-corrected chi connectivity index (χ1v) is 5.16. The molecule has 2 rings (SSSR count). The van der Waals surface area contributed by atoms with Crippen molar-refractivity contribution in [2.45, 2.75) is 6.54 Å². The second-order valence-electron chi connectivity index (χ2n) is 3.46. The third kappa shape index (κ3) is 2.78. The number of nitrogens with one attached hydrogen (secondary N) is 1. The van der Waals surface area contributed by atoms with Gasteiger partial charge in [0.25, 0.3) is 5.91 Å². The maximum atomic E-state index is 11.1. The topological polar surface area (TPSA) is 80.9 Å². The zero-order valence-electron chi connectivity index (χ0n) is 9.13. The normalized spacial score (nSPS) is 9.88. The number of anilines is 1. The van der Waals surface area contributed by atoms with Gasteiger partial charge in [-0.05, 0) is 5.56 Å². The van der Waals surface area contributed by atoms with Crippen LogP contribution in [0.15, 0.2) is 42.7 Å². The highest BCUT2D eigenvalue weighted by molar-refractivity contribution is 5.95. The summed E-state index contributed by atoms with van der Waals surface area (Å²) in [5.41, 5.74) is 6.45. The number of amides is 1. The van der Waals surface area contributed by atoms with Crippen LogP contribution in [0.25, 0.3) is 0 Å². The molecule has 1 amide bonds. The second kappa shape index (κ2) is 5.07. The van der Waals surface area contributed by atoms with Crippen LogP contribution in [0.5, 0.6) is 0 Å². The first-order chi connectivity index (χ1) is 8.27. The molecule has 0 bridgehead atoms. The second-order valence-corrected chi connectivity index (χ2v) is 3.46. The Morgan fingerprint density at radius 3 is 2.59 bits per heavy atom. The van der Waals surface area contributed by atoms with Crippen LogP contribution >= 0.6 is 0 Å². The van der Waals surface area contributed by atoms with Gasteiger partial charge in [0.2, 0.25) is 0 Å². The summed E-state index contributed by atoms with van der Waals surface area (Å²) in [6, 6.07) is 9.80. The van der Waals surface area contributed by atoms with E-state index in [0.717, 1.165) is 5.56 Å². The van der Waals surface area contributed by atoms with Gasteiger partial charge in [-0.25, -0.2) is 9.97 Å². The van der Waals surface area contributed by atoms with Crippen molar-refractivity contribution >= 4 is 11.7 Å². The van der Waals surface area contributed by atoms with Gasteiger partial charge in [-0.3, -0.25) is 4.79 Å². The van der Waals surface area contributed by atoms with Crippen LogP contribution in [0.3, 0.4) is 0 Å². The number of nitrogens with zero attached hydrogens (tertiary/aromatic N) is 2. The smallest absolute Gasteiger partial charge is 0.271 e. The minimum absolute atomic E-state index is 0.156. The molecule has 0 aliphatic rings. The van der Waals surface area contributed by atoms with E-state index in [-0.39, 0.29) is 5.69 Å². The summed E-state index contributed by atoms with van der Waals surface area (Å²) in [5, 5.41) is 3.04. The Kier molecular flexibility index (Phi) is 3.30. The standard InChI is InChI=1S/C12H12N4O/c13-11(17)10-12(15-7-6-14-10)16-8-9-4-2-1-3-5-9/h1-7H,8H2,(H2,13,17)(H,15,16). The lowest BCUT2D eigenvalue weighted by Gasteiger charge is -2.07.